The third kappa shape index (κ3) is 3.12. The Labute approximate surface area is 81.2 Å². The van der Waals surface area contributed by atoms with E-state index in [0.29, 0.717) is 12.0 Å². The van der Waals surface area contributed by atoms with Gasteiger partial charge in [0.1, 0.15) is 12.8 Å². The molecular formula is C10H10F2NO. The average molecular weight is 198 g/mol. The normalized spacial score (nSPS) is 10.8. The third-order valence-electron chi connectivity index (χ3n) is 1.50. The zero-order chi connectivity index (χ0) is 10.4. The van der Waals surface area contributed by atoms with Crippen LogP contribution < -0.4 is 0 Å². The standard InChI is InChI=1S/C10H10F2NO/c1-2-5-13-14-7-8-3-4-9(11)10(12)6-8/h3-4,6H,2,7H2,1H3. The van der Waals surface area contributed by atoms with Gasteiger partial charge in [0.05, 0.1) is 0 Å². The average Bonchev–Trinajstić information content (AvgIpc) is 2.18. The van der Waals surface area contributed by atoms with E-state index in [0.717, 1.165) is 12.1 Å². The predicted octanol–water partition coefficient (Wildman–Crippen LogP) is 2.75. The molecule has 0 aliphatic rings. The van der Waals surface area contributed by atoms with Crippen molar-refractivity contribution in [2.75, 3.05) is 0 Å². The minimum Gasteiger partial charge on any atom is -0.391 e. The molecule has 0 aliphatic carbocycles. The Hall–Kier alpha value is -1.45. The van der Waals surface area contributed by atoms with Crippen molar-refractivity contribution in [3.8, 4) is 0 Å². The summed E-state index contributed by atoms with van der Waals surface area (Å²) in [6.07, 6.45) is 3.23. The van der Waals surface area contributed by atoms with Crippen LogP contribution in [0.5, 0.6) is 0 Å². The van der Waals surface area contributed by atoms with Crippen LogP contribution in [0.4, 0.5) is 8.78 Å². The maximum Gasteiger partial charge on any atom is 0.159 e. The van der Waals surface area contributed by atoms with Gasteiger partial charge in [-0.2, -0.15) is 0 Å². The van der Waals surface area contributed by atoms with Crippen LogP contribution >= 0.6 is 0 Å². The number of benzene rings is 1. The molecule has 0 amide bonds. The molecule has 0 atom stereocenters. The molecule has 2 nitrogen and oxygen atoms in total. The fourth-order valence-corrected chi connectivity index (χ4v) is 0.846. The first-order valence-electron chi connectivity index (χ1n) is 4.23. The van der Waals surface area contributed by atoms with Crippen LogP contribution in [-0.4, -0.2) is 6.21 Å². The lowest BCUT2D eigenvalue weighted by Crippen LogP contribution is -1.91. The maximum absolute atomic E-state index is 12.7. The summed E-state index contributed by atoms with van der Waals surface area (Å²) in [4.78, 5) is 4.78. The van der Waals surface area contributed by atoms with Crippen molar-refractivity contribution in [3.63, 3.8) is 0 Å². The lowest BCUT2D eigenvalue weighted by molar-refractivity contribution is 0.131. The molecule has 1 aromatic carbocycles. The van der Waals surface area contributed by atoms with E-state index in [1.54, 1.807) is 0 Å². The quantitative estimate of drug-likeness (QED) is 0.538. The monoisotopic (exact) mass is 198 g/mol. The van der Waals surface area contributed by atoms with Crippen molar-refractivity contribution in [1.82, 2.24) is 0 Å². The lowest BCUT2D eigenvalue weighted by atomic mass is 10.2. The van der Waals surface area contributed by atoms with Gasteiger partial charge in [0, 0.05) is 0 Å². The summed E-state index contributed by atoms with van der Waals surface area (Å²) in [6.45, 7) is 1.98. The molecule has 1 radical (unpaired) electrons. The molecule has 0 heterocycles. The van der Waals surface area contributed by atoms with E-state index in [-0.39, 0.29) is 6.61 Å². The maximum atomic E-state index is 12.7. The molecular weight excluding hydrogens is 188 g/mol. The molecule has 1 aromatic rings. The zero-order valence-electron chi connectivity index (χ0n) is 7.76. The molecule has 0 bridgehead atoms. The van der Waals surface area contributed by atoms with E-state index in [2.05, 4.69) is 11.4 Å². The van der Waals surface area contributed by atoms with Crippen molar-refractivity contribution in [2.45, 2.75) is 20.0 Å². The Balaban J connectivity index is 2.51. The molecule has 0 fully saturated rings. The van der Waals surface area contributed by atoms with Crippen molar-refractivity contribution in [3.05, 3.63) is 35.4 Å². The van der Waals surface area contributed by atoms with Gasteiger partial charge in [-0.15, -0.1) is 0 Å². The first kappa shape index (κ1) is 10.6. The van der Waals surface area contributed by atoms with E-state index in [1.807, 2.05) is 6.92 Å². The Morgan fingerprint density at radius 1 is 1.36 bits per heavy atom. The summed E-state index contributed by atoms with van der Waals surface area (Å²) >= 11 is 0. The Bertz CT molecular complexity index is 326. The Morgan fingerprint density at radius 3 is 2.79 bits per heavy atom. The second-order valence-electron chi connectivity index (χ2n) is 2.62. The highest BCUT2D eigenvalue weighted by atomic mass is 19.2. The first-order valence-corrected chi connectivity index (χ1v) is 4.23. The van der Waals surface area contributed by atoms with Crippen molar-refractivity contribution in [1.29, 1.82) is 0 Å². The number of nitrogens with zero attached hydrogens (tertiary/aromatic N) is 1. The molecule has 1 rings (SSSR count). The number of halogens is 2. The van der Waals surface area contributed by atoms with Crippen LogP contribution in [0.25, 0.3) is 0 Å². The highest BCUT2D eigenvalue weighted by Crippen LogP contribution is 2.09. The smallest absolute Gasteiger partial charge is 0.159 e. The van der Waals surface area contributed by atoms with Crippen LogP contribution in [0.1, 0.15) is 18.9 Å². The number of hydrogen-bond donors (Lipinski definition) is 0. The lowest BCUT2D eigenvalue weighted by Gasteiger charge is -1.99. The highest BCUT2D eigenvalue weighted by molar-refractivity contribution is 5.55. The molecule has 14 heavy (non-hydrogen) atoms. The van der Waals surface area contributed by atoms with Gasteiger partial charge in [-0.3, -0.25) is 0 Å². The largest absolute Gasteiger partial charge is 0.391 e. The summed E-state index contributed by atoms with van der Waals surface area (Å²) in [5.41, 5.74) is 0.533. The fraction of sp³-hybridized carbons (Fsp3) is 0.300. The van der Waals surface area contributed by atoms with Gasteiger partial charge in [0.2, 0.25) is 0 Å². The summed E-state index contributed by atoms with van der Waals surface area (Å²) in [7, 11) is 0. The van der Waals surface area contributed by atoms with Crippen molar-refractivity contribution in [2.24, 2.45) is 5.16 Å². The summed E-state index contributed by atoms with van der Waals surface area (Å²) in [6, 6.07) is 3.58. The van der Waals surface area contributed by atoms with Crippen LogP contribution in [0.15, 0.2) is 23.4 Å². The minimum atomic E-state index is -0.880. The second-order valence-corrected chi connectivity index (χ2v) is 2.62. The molecule has 0 spiro atoms. The molecule has 0 N–H and O–H groups in total. The van der Waals surface area contributed by atoms with Gasteiger partial charge >= 0.3 is 0 Å². The van der Waals surface area contributed by atoms with Gasteiger partial charge in [-0.25, -0.2) is 8.78 Å². The van der Waals surface area contributed by atoms with Crippen LogP contribution in [0, 0.1) is 11.6 Å². The minimum absolute atomic E-state index is 0.115. The van der Waals surface area contributed by atoms with Gasteiger partial charge in [0.15, 0.2) is 11.6 Å². The summed E-state index contributed by atoms with van der Waals surface area (Å²) in [5.74, 6) is -1.74. The van der Waals surface area contributed by atoms with Crippen molar-refractivity contribution >= 4 is 6.21 Å². The molecule has 0 saturated heterocycles. The van der Waals surface area contributed by atoms with E-state index in [4.69, 9.17) is 4.84 Å². The van der Waals surface area contributed by atoms with Crippen LogP contribution in [0.2, 0.25) is 0 Å². The van der Waals surface area contributed by atoms with E-state index in [1.165, 1.54) is 6.07 Å². The van der Waals surface area contributed by atoms with E-state index >= 15 is 0 Å². The predicted molar refractivity (Wildman–Crippen MR) is 48.9 cm³/mol. The molecule has 0 aliphatic heterocycles. The molecule has 0 unspecified atom stereocenters. The topological polar surface area (TPSA) is 21.6 Å². The third-order valence-corrected chi connectivity index (χ3v) is 1.50. The van der Waals surface area contributed by atoms with Gasteiger partial charge in [-0.1, -0.05) is 18.1 Å². The first-order chi connectivity index (χ1) is 6.74. The molecule has 0 aromatic heterocycles. The summed E-state index contributed by atoms with van der Waals surface area (Å²) in [5, 5.41) is 3.47. The summed E-state index contributed by atoms with van der Waals surface area (Å²) < 4.78 is 25.2. The Kier molecular flexibility index (Phi) is 4.04. The SMILES string of the molecule is CC/[C]=N\OCc1ccc(F)c(F)c1. The van der Waals surface area contributed by atoms with Crippen LogP contribution in [-0.2, 0) is 11.4 Å². The molecule has 0 saturated carbocycles. The Morgan fingerprint density at radius 2 is 2.14 bits per heavy atom. The molecule has 75 valence electrons. The second kappa shape index (κ2) is 5.32. The van der Waals surface area contributed by atoms with E-state index < -0.39 is 11.6 Å². The van der Waals surface area contributed by atoms with E-state index in [9.17, 15) is 8.78 Å². The van der Waals surface area contributed by atoms with Gasteiger partial charge in [0.25, 0.3) is 0 Å². The highest BCUT2D eigenvalue weighted by Gasteiger charge is 2.01. The fourth-order valence-electron chi connectivity index (χ4n) is 0.846. The molecule has 4 heteroatoms. The number of hydrogen-bond acceptors (Lipinski definition) is 2. The van der Waals surface area contributed by atoms with Crippen molar-refractivity contribution < 1.29 is 13.6 Å². The van der Waals surface area contributed by atoms with Gasteiger partial charge in [-0.05, 0) is 24.1 Å². The van der Waals surface area contributed by atoms with Crippen LogP contribution in [0.3, 0.4) is 0 Å². The van der Waals surface area contributed by atoms with Gasteiger partial charge < -0.3 is 4.84 Å². The zero-order valence-corrected chi connectivity index (χ0v) is 7.76. The number of rotatable bonds is 4.